The third kappa shape index (κ3) is 3.53. The summed E-state index contributed by atoms with van der Waals surface area (Å²) in [5.74, 6) is -0.488. The molecular formula is C15H13F3N2O. The fourth-order valence-corrected chi connectivity index (χ4v) is 1.76. The topological polar surface area (TPSA) is 55.1 Å². The van der Waals surface area contributed by atoms with Gasteiger partial charge in [0, 0.05) is 16.9 Å². The van der Waals surface area contributed by atoms with E-state index < -0.39 is 17.6 Å². The smallest absolute Gasteiger partial charge is 0.399 e. The van der Waals surface area contributed by atoms with E-state index in [-0.39, 0.29) is 5.69 Å². The summed E-state index contributed by atoms with van der Waals surface area (Å²) in [5.41, 5.74) is 6.21. The number of benzene rings is 2. The largest absolute Gasteiger partial charge is 0.416 e. The fourth-order valence-electron chi connectivity index (χ4n) is 1.76. The minimum Gasteiger partial charge on any atom is -0.399 e. The second kappa shape index (κ2) is 5.47. The second-order valence-electron chi connectivity index (χ2n) is 4.60. The molecule has 0 bridgehead atoms. The number of nitrogens with one attached hydrogen (secondary N) is 1. The first-order valence-electron chi connectivity index (χ1n) is 6.12. The lowest BCUT2D eigenvalue weighted by Gasteiger charge is -2.12. The summed E-state index contributed by atoms with van der Waals surface area (Å²) in [4.78, 5) is 12.0. The molecule has 0 fully saturated rings. The molecule has 6 heteroatoms. The average Bonchev–Trinajstić information content (AvgIpc) is 2.40. The molecule has 0 spiro atoms. The zero-order valence-electron chi connectivity index (χ0n) is 11.2. The highest BCUT2D eigenvalue weighted by Gasteiger charge is 2.30. The molecule has 0 aliphatic heterocycles. The summed E-state index contributed by atoms with van der Waals surface area (Å²) < 4.78 is 38.0. The van der Waals surface area contributed by atoms with Crippen molar-refractivity contribution in [3.8, 4) is 0 Å². The standard InChI is InChI=1S/C15H13F3N2O/c1-9-2-5-11(15(16,17)18)8-13(9)20-14(21)10-3-6-12(19)7-4-10/h2-8H,19H2,1H3,(H,20,21). The summed E-state index contributed by atoms with van der Waals surface area (Å²) in [6.45, 7) is 1.62. The van der Waals surface area contributed by atoms with Gasteiger partial charge in [0.15, 0.2) is 0 Å². The summed E-state index contributed by atoms with van der Waals surface area (Å²) >= 11 is 0. The number of nitrogens with two attached hydrogens (primary N) is 1. The van der Waals surface area contributed by atoms with Gasteiger partial charge in [0.2, 0.25) is 0 Å². The van der Waals surface area contributed by atoms with Crippen LogP contribution in [0.1, 0.15) is 21.5 Å². The van der Waals surface area contributed by atoms with Crippen molar-refractivity contribution >= 4 is 17.3 Å². The quantitative estimate of drug-likeness (QED) is 0.827. The number of aryl methyl sites for hydroxylation is 1. The van der Waals surface area contributed by atoms with Gasteiger partial charge < -0.3 is 11.1 Å². The van der Waals surface area contributed by atoms with Gasteiger partial charge in [-0.15, -0.1) is 0 Å². The zero-order valence-corrected chi connectivity index (χ0v) is 11.2. The Morgan fingerprint density at radius 2 is 1.71 bits per heavy atom. The third-order valence-corrected chi connectivity index (χ3v) is 2.99. The molecule has 2 aromatic rings. The number of halogens is 3. The van der Waals surface area contributed by atoms with Crippen LogP contribution in [-0.2, 0) is 6.18 Å². The van der Waals surface area contributed by atoms with Gasteiger partial charge in [-0.2, -0.15) is 13.2 Å². The Labute approximate surface area is 119 Å². The molecule has 0 aliphatic rings. The van der Waals surface area contributed by atoms with Crippen LogP contribution in [0.3, 0.4) is 0 Å². The van der Waals surface area contributed by atoms with E-state index in [1.807, 2.05) is 0 Å². The van der Waals surface area contributed by atoms with E-state index >= 15 is 0 Å². The number of hydrogen-bond acceptors (Lipinski definition) is 2. The Morgan fingerprint density at radius 3 is 2.29 bits per heavy atom. The van der Waals surface area contributed by atoms with Crippen LogP contribution in [0.4, 0.5) is 24.5 Å². The number of amides is 1. The van der Waals surface area contributed by atoms with E-state index in [9.17, 15) is 18.0 Å². The summed E-state index contributed by atoms with van der Waals surface area (Å²) in [7, 11) is 0. The second-order valence-corrected chi connectivity index (χ2v) is 4.60. The van der Waals surface area contributed by atoms with Gasteiger partial charge in [-0.3, -0.25) is 4.79 Å². The summed E-state index contributed by atoms with van der Waals surface area (Å²) in [5, 5.41) is 2.48. The Hall–Kier alpha value is -2.50. The van der Waals surface area contributed by atoms with E-state index in [0.29, 0.717) is 16.8 Å². The molecule has 3 N–H and O–H groups in total. The maximum atomic E-state index is 12.7. The van der Waals surface area contributed by atoms with Crippen molar-refractivity contribution in [2.24, 2.45) is 0 Å². The van der Waals surface area contributed by atoms with E-state index in [1.54, 1.807) is 19.1 Å². The number of carbonyl (C=O) groups excluding carboxylic acids is 1. The number of hydrogen-bond donors (Lipinski definition) is 2. The molecule has 0 aliphatic carbocycles. The summed E-state index contributed by atoms with van der Waals surface area (Å²) in [6, 6.07) is 9.34. The molecular weight excluding hydrogens is 281 g/mol. The lowest BCUT2D eigenvalue weighted by atomic mass is 10.1. The lowest BCUT2D eigenvalue weighted by molar-refractivity contribution is -0.137. The fraction of sp³-hybridized carbons (Fsp3) is 0.133. The Bertz CT molecular complexity index is 664. The SMILES string of the molecule is Cc1ccc(C(F)(F)F)cc1NC(=O)c1ccc(N)cc1. The molecule has 0 radical (unpaired) electrons. The van der Waals surface area contributed by atoms with Crippen LogP contribution in [0.25, 0.3) is 0 Å². The van der Waals surface area contributed by atoms with E-state index in [2.05, 4.69) is 5.32 Å². The molecule has 1 amide bonds. The van der Waals surface area contributed by atoms with Crippen molar-refractivity contribution in [1.29, 1.82) is 0 Å². The van der Waals surface area contributed by atoms with Gasteiger partial charge >= 0.3 is 6.18 Å². The van der Waals surface area contributed by atoms with Gasteiger partial charge in [-0.1, -0.05) is 6.07 Å². The highest BCUT2D eigenvalue weighted by atomic mass is 19.4. The number of alkyl halides is 3. The molecule has 0 heterocycles. The number of rotatable bonds is 2. The van der Waals surface area contributed by atoms with E-state index in [0.717, 1.165) is 12.1 Å². The molecule has 110 valence electrons. The first-order chi connectivity index (χ1) is 9.77. The van der Waals surface area contributed by atoms with Gasteiger partial charge in [-0.25, -0.2) is 0 Å². The van der Waals surface area contributed by atoms with Crippen molar-refractivity contribution in [2.45, 2.75) is 13.1 Å². The Kier molecular flexibility index (Phi) is 3.88. The minimum atomic E-state index is -4.45. The van der Waals surface area contributed by atoms with Crippen LogP contribution < -0.4 is 11.1 Å². The molecule has 0 aromatic heterocycles. The van der Waals surface area contributed by atoms with Crippen LogP contribution in [0, 0.1) is 6.92 Å². The van der Waals surface area contributed by atoms with Crippen LogP contribution in [0.15, 0.2) is 42.5 Å². The number of anilines is 2. The number of nitrogen functional groups attached to an aromatic ring is 1. The first kappa shape index (κ1) is 14.9. The highest BCUT2D eigenvalue weighted by molar-refractivity contribution is 6.04. The molecule has 2 rings (SSSR count). The number of carbonyl (C=O) groups is 1. The van der Waals surface area contributed by atoms with Crippen molar-refractivity contribution in [3.63, 3.8) is 0 Å². The minimum absolute atomic E-state index is 0.131. The Balaban J connectivity index is 2.26. The normalized spacial score (nSPS) is 11.2. The average molecular weight is 294 g/mol. The Morgan fingerprint density at radius 1 is 1.10 bits per heavy atom. The van der Waals surface area contributed by atoms with Crippen LogP contribution in [-0.4, -0.2) is 5.91 Å². The van der Waals surface area contributed by atoms with Crippen molar-refractivity contribution in [2.75, 3.05) is 11.1 Å². The molecule has 21 heavy (non-hydrogen) atoms. The first-order valence-corrected chi connectivity index (χ1v) is 6.12. The zero-order chi connectivity index (χ0) is 15.6. The molecule has 0 saturated carbocycles. The lowest BCUT2D eigenvalue weighted by Crippen LogP contribution is -2.14. The van der Waals surface area contributed by atoms with Crippen LogP contribution in [0.5, 0.6) is 0 Å². The van der Waals surface area contributed by atoms with E-state index in [1.165, 1.54) is 18.2 Å². The summed E-state index contributed by atoms with van der Waals surface area (Å²) in [6.07, 6.45) is -4.45. The van der Waals surface area contributed by atoms with Crippen molar-refractivity contribution in [3.05, 3.63) is 59.2 Å². The van der Waals surface area contributed by atoms with Gasteiger partial charge in [0.25, 0.3) is 5.91 Å². The maximum absolute atomic E-state index is 12.7. The van der Waals surface area contributed by atoms with Crippen LogP contribution in [0.2, 0.25) is 0 Å². The van der Waals surface area contributed by atoms with Gasteiger partial charge in [0.05, 0.1) is 5.56 Å². The highest BCUT2D eigenvalue weighted by Crippen LogP contribution is 2.32. The van der Waals surface area contributed by atoms with Gasteiger partial charge in [-0.05, 0) is 48.9 Å². The van der Waals surface area contributed by atoms with Crippen LogP contribution >= 0.6 is 0 Å². The monoisotopic (exact) mass is 294 g/mol. The predicted octanol–water partition coefficient (Wildman–Crippen LogP) is 3.85. The third-order valence-electron chi connectivity index (χ3n) is 2.99. The molecule has 2 aromatic carbocycles. The van der Waals surface area contributed by atoms with Gasteiger partial charge in [0.1, 0.15) is 0 Å². The molecule has 0 unspecified atom stereocenters. The van der Waals surface area contributed by atoms with Crippen molar-refractivity contribution in [1.82, 2.24) is 0 Å². The van der Waals surface area contributed by atoms with Crippen molar-refractivity contribution < 1.29 is 18.0 Å². The molecule has 0 atom stereocenters. The molecule has 0 saturated heterocycles. The predicted molar refractivity (Wildman–Crippen MR) is 75.0 cm³/mol. The maximum Gasteiger partial charge on any atom is 0.416 e. The van der Waals surface area contributed by atoms with E-state index in [4.69, 9.17) is 5.73 Å². The molecule has 3 nitrogen and oxygen atoms in total.